The standard InChI is InChI=1S/C13H13ClO3/c1-8-3-4-10(5-6-12(16)17)7-11(8)13(14)9(2)15/h3-7,13H,1-2H3,(H,16,17)/b6-5+. The van der Waals surface area contributed by atoms with E-state index in [0.717, 1.165) is 11.6 Å². The minimum absolute atomic E-state index is 0.130. The van der Waals surface area contributed by atoms with Crippen LogP contribution in [0.1, 0.15) is 29.0 Å². The van der Waals surface area contributed by atoms with Gasteiger partial charge in [-0.15, -0.1) is 11.6 Å². The molecule has 1 rings (SSSR count). The van der Waals surface area contributed by atoms with Gasteiger partial charge in [0, 0.05) is 6.08 Å². The van der Waals surface area contributed by atoms with Crippen molar-refractivity contribution in [2.45, 2.75) is 19.2 Å². The lowest BCUT2D eigenvalue weighted by Crippen LogP contribution is -2.03. The fraction of sp³-hybridized carbons (Fsp3) is 0.231. The number of carboxylic acid groups (broad SMARTS) is 1. The van der Waals surface area contributed by atoms with Gasteiger partial charge in [0.1, 0.15) is 5.38 Å². The Kier molecular flexibility index (Phi) is 4.46. The molecule has 0 aromatic heterocycles. The first-order valence-electron chi connectivity index (χ1n) is 5.08. The van der Waals surface area contributed by atoms with Crippen molar-refractivity contribution >= 4 is 29.4 Å². The number of Topliss-reactive ketones (excluding diaryl/α,β-unsaturated/α-hetero) is 1. The molecular weight excluding hydrogens is 240 g/mol. The van der Waals surface area contributed by atoms with Gasteiger partial charge in [-0.05, 0) is 42.7 Å². The van der Waals surface area contributed by atoms with E-state index in [4.69, 9.17) is 16.7 Å². The van der Waals surface area contributed by atoms with Crippen LogP contribution in [0.2, 0.25) is 0 Å². The molecule has 0 radical (unpaired) electrons. The molecule has 0 aliphatic rings. The van der Waals surface area contributed by atoms with Gasteiger partial charge in [0.15, 0.2) is 5.78 Å². The average molecular weight is 253 g/mol. The number of hydrogen-bond acceptors (Lipinski definition) is 2. The Labute approximate surface area is 105 Å². The molecule has 1 aromatic rings. The van der Waals surface area contributed by atoms with Crippen molar-refractivity contribution in [3.05, 3.63) is 41.0 Å². The zero-order valence-corrected chi connectivity index (χ0v) is 10.4. The maximum absolute atomic E-state index is 11.2. The van der Waals surface area contributed by atoms with Crippen molar-refractivity contribution in [2.24, 2.45) is 0 Å². The molecule has 1 aromatic carbocycles. The molecule has 0 heterocycles. The summed E-state index contributed by atoms with van der Waals surface area (Å²) >= 11 is 5.99. The topological polar surface area (TPSA) is 54.4 Å². The van der Waals surface area contributed by atoms with Crippen molar-refractivity contribution in [3.8, 4) is 0 Å². The van der Waals surface area contributed by atoms with Crippen LogP contribution in [-0.2, 0) is 9.59 Å². The number of benzene rings is 1. The molecular formula is C13H13ClO3. The summed E-state index contributed by atoms with van der Waals surface area (Å²) in [5, 5.41) is 7.84. The van der Waals surface area contributed by atoms with Gasteiger partial charge in [-0.25, -0.2) is 4.79 Å². The number of carbonyl (C=O) groups is 2. The van der Waals surface area contributed by atoms with E-state index in [2.05, 4.69) is 0 Å². The molecule has 1 unspecified atom stereocenters. The van der Waals surface area contributed by atoms with E-state index in [1.165, 1.54) is 13.0 Å². The van der Waals surface area contributed by atoms with Gasteiger partial charge in [-0.3, -0.25) is 4.79 Å². The largest absolute Gasteiger partial charge is 0.478 e. The number of halogens is 1. The number of aryl methyl sites for hydroxylation is 1. The quantitative estimate of drug-likeness (QED) is 0.662. The Morgan fingerprint density at radius 3 is 2.59 bits per heavy atom. The molecule has 3 nitrogen and oxygen atoms in total. The highest BCUT2D eigenvalue weighted by Crippen LogP contribution is 2.26. The fourth-order valence-corrected chi connectivity index (χ4v) is 1.66. The van der Waals surface area contributed by atoms with Crippen LogP contribution in [0, 0.1) is 6.92 Å². The summed E-state index contributed by atoms with van der Waals surface area (Å²) in [5.74, 6) is -1.14. The van der Waals surface area contributed by atoms with E-state index in [0.29, 0.717) is 11.1 Å². The summed E-state index contributed by atoms with van der Waals surface area (Å²) in [4.78, 5) is 21.6. The van der Waals surface area contributed by atoms with Crippen LogP contribution in [-0.4, -0.2) is 16.9 Å². The number of carboxylic acids is 1. The second-order valence-electron chi connectivity index (χ2n) is 3.76. The van der Waals surface area contributed by atoms with Gasteiger partial charge in [-0.1, -0.05) is 12.1 Å². The first-order chi connectivity index (χ1) is 7.91. The highest BCUT2D eigenvalue weighted by atomic mass is 35.5. The minimum Gasteiger partial charge on any atom is -0.478 e. The molecule has 0 saturated heterocycles. The fourth-order valence-electron chi connectivity index (χ4n) is 1.42. The summed E-state index contributed by atoms with van der Waals surface area (Å²) in [6, 6.07) is 5.32. The van der Waals surface area contributed by atoms with Crippen molar-refractivity contribution in [1.29, 1.82) is 0 Å². The molecule has 0 bridgehead atoms. The molecule has 4 heteroatoms. The number of aliphatic carboxylic acids is 1. The van der Waals surface area contributed by atoms with Crippen molar-refractivity contribution in [3.63, 3.8) is 0 Å². The van der Waals surface area contributed by atoms with Crippen LogP contribution < -0.4 is 0 Å². The second kappa shape index (κ2) is 5.64. The Hall–Kier alpha value is -1.61. The van der Waals surface area contributed by atoms with Crippen LogP contribution in [0.25, 0.3) is 6.08 Å². The Morgan fingerprint density at radius 1 is 1.41 bits per heavy atom. The smallest absolute Gasteiger partial charge is 0.328 e. The van der Waals surface area contributed by atoms with Crippen LogP contribution in [0.4, 0.5) is 0 Å². The van der Waals surface area contributed by atoms with Gasteiger partial charge in [0.2, 0.25) is 0 Å². The van der Waals surface area contributed by atoms with Gasteiger partial charge < -0.3 is 5.11 Å². The molecule has 0 amide bonds. The average Bonchev–Trinajstić information content (AvgIpc) is 2.26. The minimum atomic E-state index is -1.01. The lowest BCUT2D eigenvalue weighted by molar-refractivity contribution is -0.131. The van der Waals surface area contributed by atoms with Crippen LogP contribution in [0.15, 0.2) is 24.3 Å². The molecule has 0 aliphatic heterocycles. The maximum atomic E-state index is 11.2. The highest BCUT2D eigenvalue weighted by Gasteiger charge is 2.15. The third-order valence-corrected chi connectivity index (χ3v) is 2.89. The molecule has 0 fully saturated rings. The monoisotopic (exact) mass is 252 g/mol. The molecule has 17 heavy (non-hydrogen) atoms. The predicted molar refractivity (Wildman–Crippen MR) is 67.1 cm³/mol. The molecule has 0 spiro atoms. The first kappa shape index (κ1) is 13.5. The van der Waals surface area contributed by atoms with E-state index in [9.17, 15) is 9.59 Å². The van der Waals surface area contributed by atoms with Crippen molar-refractivity contribution in [2.75, 3.05) is 0 Å². The SMILES string of the molecule is CC(=O)C(Cl)c1cc(/C=C/C(=O)O)ccc1C. The summed E-state index contributed by atoms with van der Waals surface area (Å²) in [6.07, 6.45) is 2.51. The Balaban J connectivity index is 3.10. The maximum Gasteiger partial charge on any atom is 0.328 e. The van der Waals surface area contributed by atoms with Gasteiger partial charge in [0.25, 0.3) is 0 Å². The molecule has 1 N–H and O–H groups in total. The van der Waals surface area contributed by atoms with Crippen molar-refractivity contribution < 1.29 is 14.7 Å². The summed E-state index contributed by atoms with van der Waals surface area (Å²) in [5.41, 5.74) is 2.33. The second-order valence-corrected chi connectivity index (χ2v) is 4.20. The number of rotatable bonds is 4. The van der Waals surface area contributed by atoms with Crippen LogP contribution in [0.3, 0.4) is 0 Å². The Bertz CT molecular complexity index is 478. The normalized spacial score (nSPS) is 12.6. The third kappa shape index (κ3) is 3.71. The lowest BCUT2D eigenvalue weighted by atomic mass is 10.00. The van der Waals surface area contributed by atoms with E-state index >= 15 is 0 Å². The van der Waals surface area contributed by atoms with E-state index < -0.39 is 11.3 Å². The van der Waals surface area contributed by atoms with Crippen molar-refractivity contribution in [1.82, 2.24) is 0 Å². The van der Waals surface area contributed by atoms with E-state index in [-0.39, 0.29) is 5.78 Å². The lowest BCUT2D eigenvalue weighted by Gasteiger charge is -2.10. The first-order valence-corrected chi connectivity index (χ1v) is 5.51. The van der Waals surface area contributed by atoms with E-state index in [1.54, 1.807) is 12.1 Å². The summed E-state index contributed by atoms with van der Waals surface area (Å²) < 4.78 is 0. The predicted octanol–water partition coefficient (Wildman–Crippen LogP) is 2.96. The van der Waals surface area contributed by atoms with Crippen LogP contribution in [0.5, 0.6) is 0 Å². The number of alkyl halides is 1. The number of carbonyl (C=O) groups excluding carboxylic acids is 1. The zero-order chi connectivity index (χ0) is 13.0. The summed E-state index contributed by atoms with van der Waals surface area (Å²) in [7, 11) is 0. The highest BCUT2D eigenvalue weighted by molar-refractivity contribution is 6.30. The third-order valence-electron chi connectivity index (χ3n) is 2.35. The molecule has 0 aliphatic carbocycles. The van der Waals surface area contributed by atoms with Gasteiger partial charge >= 0.3 is 5.97 Å². The molecule has 0 saturated carbocycles. The van der Waals surface area contributed by atoms with Crippen LogP contribution >= 0.6 is 11.6 Å². The number of hydrogen-bond donors (Lipinski definition) is 1. The molecule has 1 atom stereocenters. The zero-order valence-electron chi connectivity index (χ0n) is 9.61. The Morgan fingerprint density at radius 2 is 2.06 bits per heavy atom. The van der Waals surface area contributed by atoms with E-state index in [1.807, 2.05) is 13.0 Å². The van der Waals surface area contributed by atoms with Gasteiger partial charge in [0.05, 0.1) is 0 Å². The number of ketones is 1. The van der Waals surface area contributed by atoms with Gasteiger partial charge in [-0.2, -0.15) is 0 Å². The molecule has 90 valence electrons. The summed E-state index contributed by atoms with van der Waals surface area (Å²) in [6.45, 7) is 3.29.